The van der Waals surface area contributed by atoms with Crippen LogP contribution in [0.4, 0.5) is 0 Å². The van der Waals surface area contributed by atoms with E-state index in [2.05, 4.69) is 22.6 Å². The van der Waals surface area contributed by atoms with Crippen LogP contribution in [0.2, 0.25) is 5.02 Å². The van der Waals surface area contributed by atoms with Crippen molar-refractivity contribution in [3.63, 3.8) is 0 Å². The van der Waals surface area contributed by atoms with Gasteiger partial charge in [0, 0.05) is 0 Å². The molecule has 0 heterocycles. The van der Waals surface area contributed by atoms with Crippen LogP contribution in [0.15, 0.2) is 12.1 Å². The molecular weight excluding hydrogens is 326 g/mol. The first kappa shape index (κ1) is 11.1. The molecule has 2 nitrogen and oxygen atoms in total. The predicted octanol–water partition coefficient (Wildman–Crippen LogP) is 3.33. The Morgan fingerprint density at radius 1 is 1.54 bits per heavy atom. The topological polar surface area (TPSA) is 26.3 Å². The molecule has 5 heteroatoms. The van der Waals surface area contributed by atoms with Crippen LogP contribution in [0.5, 0.6) is 5.75 Å². The third kappa shape index (κ3) is 2.48. The Bertz CT molecular complexity index is 352. The van der Waals surface area contributed by atoms with Crippen molar-refractivity contribution in [1.82, 2.24) is 0 Å². The first-order chi connectivity index (χ1) is 6.06. The minimum absolute atomic E-state index is 0.264. The van der Waals surface area contributed by atoms with Gasteiger partial charge in [-0.05, 0) is 46.3 Å². The van der Waals surface area contributed by atoms with Gasteiger partial charge >= 0.3 is 0 Å². The molecule has 0 spiro atoms. The standard InChI is InChI=1S/C8H5Cl2IO2/c1-13-7-2-4(8(10)12)5(9)3-6(7)11/h2-3H,1H3. The highest BCUT2D eigenvalue weighted by atomic mass is 127. The van der Waals surface area contributed by atoms with Gasteiger partial charge < -0.3 is 4.74 Å². The predicted molar refractivity (Wildman–Crippen MR) is 60.9 cm³/mol. The number of ether oxygens (including phenoxy) is 1. The average Bonchev–Trinajstić information content (AvgIpc) is 2.03. The third-order valence-corrected chi connectivity index (χ3v) is 2.81. The normalized spacial score (nSPS) is 9.85. The number of benzene rings is 1. The maximum Gasteiger partial charge on any atom is 0.254 e. The van der Waals surface area contributed by atoms with Gasteiger partial charge in [0.1, 0.15) is 5.75 Å². The molecule has 0 saturated carbocycles. The van der Waals surface area contributed by atoms with E-state index < -0.39 is 5.24 Å². The van der Waals surface area contributed by atoms with Crippen molar-refractivity contribution < 1.29 is 9.53 Å². The molecule has 0 aliphatic carbocycles. The smallest absolute Gasteiger partial charge is 0.254 e. The van der Waals surface area contributed by atoms with Crippen LogP contribution in [0.25, 0.3) is 0 Å². The van der Waals surface area contributed by atoms with Gasteiger partial charge in [-0.3, -0.25) is 4.79 Å². The first-order valence-electron chi connectivity index (χ1n) is 3.29. The highest BCUT2D eigenvalue weighted by Crippen LogP contribution is 2.28. The van der Waals surface area contributed by atoms with E-state index in [0.717, 1.165) is 3.57 Å². The van der Waals surface area contributed by atoms with Crippen molar-refractivity contribution in [2.75, 3.05) is 7.11 Å². The number of carbonyl (C=O) groups excluding carboxylic acids is 1. The minimum atomic E-state index is -0.584. The number of halogens is 3. The van der Waals surface area contributed by atoms with Crippen LogP contribution in [-0.2, 0) is 0 Å². The quantitative estimate of drug-likeness (QED) is 0.614. The van der Waals surface area contributed by atoms with E-state index in [1.165, 1.54) is 13.2 Å². The number of hydrogen-bond acceptors (Lipinski definition) is 2. The van der Waals surface area contributed by atoms with Crippen LogP contribution < -0.4 is 4.74 Å². The third-order valence-electron chi connectivity index (χ3n) is 1.45. The summed E-state index contributed by atoms with van der Waals surface area (Å²) in [6.07, 6.45) is 0. The Morgan fingerprint density at radius 3 is 2.62 bits per heavy atom. The number of methoxy groups -OCH3 is 1. The summed E-state index contributed by atoms with van der Waals surface area (Å²) in [7, 11) is 1.52. The monoisotopic (exact) mass is 330 g/mol. The summed E-state index contributed by atoms with van der Waals surface area (Å²) in [5.41, 5.74) is 0.264. The zero-order valence-electron chi connectivity index (χ0n) is 6.61. The second-order valence-electron chi connectivity index (χ2n) is 2.24. The number of rotatable bonds is 2. The summed E-state index contributed by atoms with van der Waals surface area (Å²) in [4.78, 5) is 10.9. The molecule has 0 N–H and O–H groups in total. The Labute approximate surface area is 99.3 Å². The van der Waals surface area contributed by atoms with Gasteiger partial charge in [0.15, 0.2) is 0 Å². The molecule has 0 aromatic heterocycles. The largest absolute Gasteiger partial charge is 0.496 e. The fourth-order valence-corrected chi connectivity index (χ4v) is 2.16. The van der Waals surface area contributed by atoms with Crippen LogP contribution in [0.3, 0.4) is 0 Å². The Morgan fingerprint density at radius 2 is 2.15 bits per heavy atom. The summed E-state index contributed by atoms with van der Waals surface area (Å²) < 4.78 is 5.85. The van der Waals surface area contributed by atoms with Crippen molar-refractivity contribution in [2.24, 2.45) is 0 Å². The fourth-order valence-electron chi connectivity index (χ4n) is 0.836. The maximum absolute atomic E-state index is 10.9. The molecule has 0 radical (unpaired) electrons. The molecule has 1 aromatic carbocycles. The lowest BCUT2D eigenvalue weighted by Crippen LogP contribution is -1.94. The van der Waals surface area contributed by atoms with Gasteiger partial charge in [0.05, 0.1) is 21.3 Å². The fraction of sp³-hybridized carbons (Fsp3) is 0.125. The van der Waals surface area contributed by atoms with Crippen LogP contribution in [0, 0.1) is 3.57 Å². The molecule has 0 atom stereocenters. The molecule has 70 valence electrons. The van der Waals surface area contributed by atoms with Crippen LogP contribution in [0.1, 0.15) is 10.4 Å². The second-order valence-corrected chi connectivity index (χ2v) is 4.15. The van der Waals surface area contributed by atoms with Gasteiger partial charge in [0.25, 0.3) is 5.24 Å². The van der Waals surface area contributed by atoms with Crippen LogP contribution >= 0.6 is 45.8 Å². The summed E-state index contributed by atoms with van der Waals surface area (Å²) in [5, 5.41) is -0.245. The molecule has 13 heavy (non-hydrogen) atoms. The highest BCUT2D eigenvalue weighted by molar-refractivity contribution is 14.1. The molecular formula is C8H5Cl2IO2. The summed E-state index contributed by atoms with van der Waals surface area (Å²) in [6, 6.07) is 3.16. The van der Waals surface area contributed by atoms with Gasteiger partial charge in [0.2, 0.25) is 0 Å². The van der Waals surface area contributed by atoms with E-state index in [1.54, 1.807) is 6.07 Å². The van der Waals surface area contributed by atoms with Crippen molar-refractivity contribution in [3.05, 3.63) is 26.3 Å². The maximum atomic E-state index is 10.9. The molecule has 0 amide bonds. The van der Waals surface area contributed by atoms with Gasteiger partial charge in [-0.25, -0.2) is 0 Å². The van der Waals surface area contributed by atoms with Gasteiger partial charge in [-0.15, -0.1) is 0 Å². The molecule has 0 aliphatic heterocycles. The Balaban J connectivity index is 3.30. The molecule has 0 bridgehead atoms. The zero-order valence-corrected chi connectivity index (χ0v) is 10.3. The van der Waals surface area contributed by atoms with Crippen molar-refractivity contribution in [1.29, 1.82) is 0 Å². The molecule has 1 rings (SSSR count). The summed E-state index contributed by atoms with van der Waals surface area (Å²) >= 11 is 13.2. The Kier molecular flexibility index (Phi) is 3.82. The summed E-state index contributed by atoms with van der Waals surface area (Å²) in [6.45, 7) is 0. The van der Waals surface area contributed by atoms with Crippen molar-refractivity contribution in [3.8, 4) is 5.75 Å². The Hall–Kier alpha value is -0.000000000000000111. The van der Waals surface area contributed by atoms with Crippen molar-refractivity contribution >= 4 is 51.0 Å². The van der Waals surface area contributed by atoms with Crippen molar-refractivity contribution in [2.45, 2.75) is 0 Å². The molecule has 0 saturated heterocycles. The van der Waals surface area contributed by atoms with E-state index >= 15 is 0 Å². The molecule has 0 aliphatic rings. The number of hydrogen-bond donors (Lipinski definition) is 0. The second kappa shape index (κ2) is 4.48. The lowest BCUT2D eigenvalue weighted by atomic mass is 10.2. The van der Waals surface area contributed by atoms with E-state index in [4.69, 9.17) is 27.9 Å². The molecule has 1 aromatic rings. The van der Waals surface area contributed by atoms with E-state index in [-0.39, 0.29) is 5.56 Å². The average molecular weight is 331 g/mol. The highest BCUT2D eigenvalue weighted by Gasteiger charge is 2.11. The SMILES string of the molecule is COc1cc(C(=O)Cl)c(Cl)cc1I. The van der Waals surface area contributed by atoms with E-state index in [1.807, 2.05) is 0 Å². The first-order valence-corrected chi connectivity index (χ1v) is 5.12. The lowest BCUT2D eigenvalue weighted by molar-refractivity contribution is 0.108. The lowest BCUT2D eigenvalue weighted by Gasteiger charge is -2.05. The zero-order chi connectivity index (χ0) is 10.0. The van der Waals surface area contributed by atoms with E-state index in [9.17, 15) is 4.79 Å². The van der Waals surface area contributed by atoms with Gasteiger partial charge in [-0.2, -0.15) is 0 Å². The molecule has 0 unspecified atom stereocenters. The number of carbonyl (C=O) groups is 1. The summed E-state index contributed by atoms with van der Waals surface area (Å²) in [5.74, 6) is 0.592. The van der Waals surface area contributed by atoms with E-state index in [0.29, 0.717) is 10.8 Å². The van der Waals surface area contributed by atoms with Crippen LogP contribution in [-0.4, -0.2) is 12.4 Å². The van der Waals surface area contributed by atoms with Gasteiger partial charge in [-0.1, -0.05) is 11.6 Å². The molecule has 0 fully saturated rings. The minimum Gasteiger partial charge on any atom is -0.496 e.